The minimum atomic E-state index is -0.629. The zero-order valence-electron chi connectivity index (χ0n) is 4.77. The van der Waals surface area contributed by atoms with Crippen molar-refractivity contribution in [2.24, 2.45) is 0 Å². The normalized spacial score (nSPS) is 9.70. The predicted octanol–water partition coefficient (Wildman–Crippen LogP) is 0.383. The first-order valence-corrected chi connectivity index (χ1v) is 2.88. The van der Waals surface area contributed by atoms with E-state index in [2.05, 4.69) is 10.2 Å². The van der Waals surface area contributed by atoms with Gasteiger partial charge in [0.25, 0.3) is 0 Å². The van der Waals surface area contributed by atoms with Crippen molar-refractivity contribution >= 4 is 17.4 Å². The van der Waals surface area contributed by atoms with Crippen LogP contribution >= 0.6 is 11.6 Å². The summed E-state index contributed by atoms with van der Waals surface area (Å²) in [5.41, 5.74) is 0. The van der Waals surface area contributed by atoms with Crippen molar-refractivity contribution in [2.75, 3.05) is 0 Å². The Balaban J connectivity index is 2.88. The SMILES string of the molecule is O=[N+]([O-])c1cnn(CCl)n1. The lowest BCUT2D eigenvalue weighted by Crippen LogP contribution is -1.97. The van der Waals surface area contributed by atoms with Gasteiger partial charge in [-0.05, 0) is 4.92 Å². The second kappa shape index (κ2) is 2.61. The molecule has 0 aliphatic heterocycles. The first kappa shape index (κ1) is 6.94. The van der Waals surface area contributed by atoms with Crippen LogP contribution in [0, 0.1) is 10.1 Å². The molecule has 0 aliphatic carbocycles. The summed E-state index contributed by atoms with van der Waals surface area (Å²) in [5, 5.41) is 16.9. The van der Waals surface area contributed by atoms with E-state index in [9.17, 15) is 10.1 Å². The summed E-state index contributed by atoms with van der Waals surface area (Å²) in [7, 11) is 0. The molecule has 1 aromatic rings. The summed E-state index contributed by atoms with van der Waals surface area (Å²) in [6.45, 7) is 0. The van der Waals surface area contributed by atoms with E-state index in [-0.39, 0.29) is 11.8 Å². The molecule has 0 saturated heterocycles. The van der Waals surface area contributed by atoms with Crippen LogP contribution in [-0.2, 0) is 6.00 Å². The largest absolute Gasteiger partial charge is 0.410 e. The molecule has 0 radical (unpaired) electrons. The molecule has 54 valence electrons. The van der Waals surface area contributed by atoms with E-state index in [4.69, 9.17) is 11.6 Å². The molecule has 0 amide bonds. The number of nitro groups is 1. The molecule has 0 saturated carbocycles. The molecule has 0 atom stereocenters. The van der Waals surface area contributed by atoms with Crippen LogP contribution in [0.5, 0.6) is 0 Å². The van der Waals surface area contributed by atoms with Crippen LogP contribution < -0.4 is 0 Å². The Labute approximate surface area is 60.5 Å². The van der Waals surface area contributed by atoms with Crippen molar-refractivity contribution in [1.29, 1.82) is 0 Å². The van der Waals surface area contributed by atoms with Gasteiger partial charge in [-0.2, -0.15) is 0 Å². The Morgan fingerprint density at radius 2 is 2.60 bits per heavy atom. The van der Waals surface area contributed by atoms with Crippen molar-refractivity contribution in [1.82, 2.24) is 15.0 Å². The highest BCUT2D eigenvalue weighted by Gasteiger charge is 2.10. The minimum Gasteiger partial charge on any atom is -0.358 e. The fourth-order valence-electron chi connectivity index (χ4n) is 0.429. The van der Waals surface area contributed by atoms with E-state index < -0.39 is 4.92 Å². The highest BCUT2D eigenvalue weighted by molar-refractivity contribution is 6.15. The minimum absolute atomic E-state index is 0.0217. The summed E-state index contributed by atoms with van der Waals surface area (Å²) in [6.07, 6.45) is 1.04. The molecular formula is C3H3ClN4O2. The maximum Gasteiger partial charge on any atom is 0.410 e. The van der Waals surface area contributed by atoms with Crippen molar-refractivity contribution in [3.05, 3.63) is 16.3 Å². The summed E-state index contributed by atoms with van der Waals surface area (Å²) < 4.78 is 0. The molecule has 1 heterocycles. The lowest BCUT2D eigenvalue weighted by atomic mass is 10.8. The zero-order valence-corrected chi connectivity index (χ0v) is 5.52. The standard InChI is InChI=1S/C3H3ClN4O2/c4-2-7-5-1-3(6-7)8(9)10/h1H,2H2. The first-order chi connectivity index (χ1) is 4.74. The lowest BCUT2D eigenvalue weighted by molar-refractivity contribution is -0.389. The maximum atomic E-state index is 9.98. The molecule has 0 aromatic carbocycles. The fraction of sp³-hybridized carbons (Fsp3) is 0.333. The van der Waals surface area contributed by atoms with Gasteiger partial charge in [0.1, 0.15) is 0 Å². The number of hydrogen-bond donors (Lipinski definition) is 0. The third kappa shape index (κ3) is 1.21. The Morgan fingerprint density at radius 1 is 1.90 bits per heavy atom. The third-order valence-electron chi connectivity index (χ3n) is 0.818. The summed E-state index contributed by atoms with van der Waals surface area (Å²) in [4.78, 5) is 10.4. The van der Waals surface area contributed by atoms with Crippen LogP contribution in [0.4, 0.5) is 5.82 Å². The quantitative estimate of drug-likeness (QED) is 0.358. The molecule has 6 nitrogen and oxygen atoms in total. The summed E-state index contributed by atoms with van der Waals surface area (Å²) in [5.74, 6) is -0.291. The van der Waals surface area contributed by atoms with Crippen LogP contribution in [0.1, 0.15) is 0 Å². The van der Waals surface area contributed by atoms with Crippen LogP contribution in [-0.4, -0.2) is 19.9 Å². The number of hydrogen-bond acceptors (Lipinski definition) is 4. The maximum absolute atomic E-state index is 9.98. The Morgan fingerprint density at radius 3 is 2.90 bits per heavy atom. The average Bonchev–Trinajstić information content (AvgIpc) is 2.34. The van der Waals surface area contributed by atoms with E-state index in [1.165, 1.54) is 0 Å². The second-order valence-electron chi connectivity index (χ2n) is 1.45. The molecule has 1 aromatic heterocycles. The number of aromatic nitrogens is 3. The smallest absolute Gasteiger partial charge is 0.358 e. The molecule has 0 bridgehead atoms. The van der Waals surface area contributed by atoms with Crippen LogP contribution in [0.25, 0.3) is 0 Å². The topological polar surface area (TPSA) is 73.8 Å². The molecule has 0 N–H and O–H groups in total. The number of nitrogens with zero attached hydrogens (tertiary/aromatic N) is 4. The molecule has 0 unspecified atom stereocenters. The van der Waals surface area contributed by atoms with Crippen LogP contribution in [0.3, 0.4) is 0 Å². The van der Waals surface area contributed by atoms with Gasteiger partial charge in [0, 0.05) is 0 Å². The van der Waals surface area contributed by atoms with E-state index in [1.807, 2.05) is 0 Å². The molecule has 0 aliphatic rings. The Bertz CT molecular complexity index is 246. The summed E-state index contributed by atoms with van der Waals surface area (Å²) >= 11 is 5.26. The second-order valence-corrected chi connectivity index (χ2v) is 1.69. The van der Waals surface area contributed by atoms with Crippen molar-refractivity contribution in [2.45, 2.75) is 6.00 Å². The van der Waals surface area contributed by atoms with Gasteiger partial charge >= 0.3 is 5.82 Å². The molecular weight excluding hydrogens is 160 g/mol. The number of alkyl halides is 1. The average molecular weight is 163 g/mol. The van der Waals surface area contributed by atoms with Gasteiger partial charge in [0.05, 0.1) is 5.10 Å². The molecule has 10 heavy (non-hydrogen) atoms. The van der Waals surface area contributed by atoms with E-state index in [0.29, 0.717) is 0 Å². The molecule has 0 spiro atoms. The van der Waals surface area contributed by atoms with Crippen LogP contribution in [0.2, 0.25) is 0 Å². The monoisotopic (exact) mass is 162 g/mol. The molecule has 1 rings (SSSR count). The van der Waals surface area contributed by atoms with Gasteiger partial charge in [0.15, 0.2) is 12.2 Å². The highest BCUT2D eigenvalue weighted by atomic mass is 35.5. The lowest BCUT2D eigenvalue weighted by Gasteiger charge is -1.81. The van der Waals surface area contributed by atoms with Gasteiger partial charge in [-0.25, -0.2) is 0 Å². The van der Waals surface area contributed by atoms with Crippen molar-refractivity contribution in [3.8, 4) is 0 Å². The first-order valence-electron chi connectivity index (χ1n) is 2.34. The van der Waals surface area contributed by atoms with Gasteiger partial charge in [0.2, 0.25) is 0 Å². The van der Waals surface area contributed by atoms with Gasteiger partial charge in [-0.3, -0.25) is 0 Å². The Hall–Kier alpha value is -1.17. The van der Waals surface area contributed by atoms with Crippen molar-refractivity contribution in [3.63, 3.8) is 0 Å². The predicted molar refractivity (Wildman–Crippen MR) is 32.5 cm³/mol. The highest BCUT2D eigenvalue weighted by Crippen LogP contribution is 2.01. The van der Waals surface area contributed by atoms with Gasteiger partial charge < -0.3 is 10.1 Å². The fourth-order valence-corrected chi connectivity index (χ4v) is 0.545. The van der Waals surface area contributed by atoms with Gasteiger partial charge in [-0.1, -0.05) is 16.4 Å². The third-order valence-corrected chi connectivity index (χ3v) is 1.03. The summed E-state index contributed by atoms with van der Waals surface area (Å²) in [6, 6.07) is 0.0217. The zero-order chi connectivity index (χ0) is 7.56. The molecule has 0 fully saturated rings. The molecule has 7 heteroatoms. The van der Waals surface area contributed by atoms with Crippen LogP contribution in [0.15, 0.2) is 6.20 Å². The number of rotatable bonds is 2. The van der Waals surface area contributed by atoms with E-state index >= 15 is 0 Å². The Kier molecular flexibility index (Phi) is 1.81. The van der Waals surface area contributed by atoms with E-state index in [0.717, 1.165) is 11.0 Å². The van der Waals surface area contributed by atoms with Crippen molar-refractivity contribution < 1.29 is 4.92 Å². The number of halogens is 1. The van der Waals surface area contributed by atoms with Gasteiger partial charge in [-0.15, -0.1) is 5.10 Å². The van der Waals surface area contributed by atoms with E-state index in [1.54, 1.807) is 0 Å².